The summed E-state index contributed by atoms with van der Waals surface area (Å²) in [4.78, 5) is 28.8. The Bertz CT molecular complexity index is 1450. The number of aromatic hydroxyl groups is 1. The third-order valence-electron chi connectivity index (χ3n) is 6.01. The van der Waals surface area contributed by atoms with Crippen LogP contribution in [-0.2, 0) is 6.42 Å². The normalized spacial score (nSPS) is 15.1. The van der Waals surface area contributed by atoms with Gasteiger partial charge < -0.3 is 19.2 Å². The Labute approximate surface area is 201 Å². The summed E-state index contributed by atoms with van der Waals surface area (Å²) in [6.07, 6.45) is 0.604. The van der Waals surface area contributed by atoms with E-state index in [0.717, 1.165) is 5.56 Å². The van der Waals surface area contributed by atoms with Crippen molar-refractivity contribution < 1.29 is 19.1 Å². The van der Waals surface area contributed by atoms with Crippen molar-refractivity contribution in [3.8, 4) is 11.5 Å². The summed E-state index contributed by atoms with van der Waals surface area (Å²) in [5.74, 6) is -0.0414. The highest BCUT2D eigenvalue weighted by Crippen LogP contribution is 2.41. The molecule has 172 valence electrons. The monoisotopic (exact) mass is 475 g/mol. The Morgan fingerprint density at radius 3 is 2.62 bits per heavy atom. The molecule has 3 aromatic carbocycles. The van der Waals surface area contributed by atoms with Gasteiger partial charge in [0.15, 0.2) is 16.9 Å². The lowest BCUT2D eigenvalue weighted by atomic mass is 9.97. The van der Waals surface area contributed by atoms with E-state index in [9.17, 15) is 14.7 Å². The topological polar surface area (TPSA) is 80.0 Å². The number of carbonyl (C=O) groups is 1. The summed E-state index contributed by atoms with van der Waals surface area (Å²) < 4.78 is 11.5. The molecule has 0 unspecified atom stereocenters. The van der Waals surface area contributed by atoms with E-state index in [1.165, 1.54) is 6.07 Å². The number of hydrogen-bond acceptors (Lipinski definition) is 5. The Morgan fingerprint density at radius 1 is 1.06 bits per heavy atom. The first-order chi connectivity index (χ1) is 16.5. The number of nitrogens with zero attached hydrogens (tertiary/aromatic N) is 1. The molecule has 1 amide bonds. The molecule has 1 atom stereocenters. The second-order valence-corrected chi connectivity index (χ2v) is 8.55. The van der Waals surface area contributed by atoms with Crippen LogP contribution in [-0.4, -0.2) is 29.1 Å². The fraction of sp³-hybridized carbons (Fsp3) is 0.185. The fourth-order valence-corrected chi connectivity index (χ4v) is 4.61. The minimum absolute atomic E-state index is 0.0108. The minimum Gasteiger partial charge on any atom is -0.504 e. The summed E-state index contributed by atoms with van der Waals surface area (Å²) in [5.41, 5.74) is 1.99. The number of rotatable bonds is 6. The van der Waals surface area contributed by atoms with Gasteiger partial charge in [0.1, 0.15) is 5.58 Å². The lowest BCUT2D eigenvalue weighted by molar-refractivity contribution is 0.0730. The maximum Gasteiger partial charge on any atom is 0.290 e. The highest BCUT2D eigenvalue weighted by atomic mass is 35.5. The number of fused-ring (bicyclic) bond motifs is 2. The molecule has 4 aromatic rings. The molecular formula is C27H22ClNO5. The van der Waals surface area contributed by atoms with E-state index in [2.05, 4.69) is 0 Å². The van der Waals surface area contributed by atoms with Crippen LogP contribution >= 0.6 is 11.6 Å². The summed E-state index contributed by atoms with van der Waals surface area (Å²) in [6, 6.07) is 18.8. The molecule has 0 bridgehead atoms. The quantitative estimate of drug-likeness (QED) is 0.407. The van der Waals surface area contributed by atoms with Crippen LogP contribution in [0.3, 0.4) is 0 Å². The zero-order valence-electron chi connectivity index (χ0n) is 18.5. The fourth-order valence-electron chi connectivity index (χ4n) is 4.44. The van der Waals surface area contributed by atoms with Gasteiger partial charge in [0, 0.05) is 11.6 Å². The third kappa shape index (κ3) is 3.80. The number of benzene rings is 3. The second-order valence-electron chi connectivity index (χ2n) is 8.11. The van der Waals surface area contributed by atoms with Gasteiger partial charge in [-0.15, -0.1) is 0 Å². The van der Waals surface area contributed by atoms with Crippen LogP contribution < -0.4 is 10.2 Å². The molecule has 1 N–H and O–H groups in total. The Hall–Kier alpha value is -3.77. The first-order valence-electron chi connectivity index (χ1n) is 11.0. The molecule has 0 fully saturated rings. The molecule has 1 aliphatic heterocycles. The number of carbonyl (C=O) groups excluding carboxylic acids is 1. The Morgan fingerprint density at radius 2 is 1.85 bits per heavy atom. The summed E-state index contributed by atoms with van der Waals surface area (Å²) in [7, 11) is 0. The molecule has 0 radical (unpaired) electrons. The number of hydrogen-bond donors (Lipinski definition) is 1. The van der Waals surface area contributed by atoms with E-state index in [1.54, 1.807) is 35.2 Å². The zero-order valence-corrected chi connectivity index (χ0v) is 19.2. The predicted molar refractivity (Wildman–Crippen MR) is 130 cm³/mol. The third-order valence-corrected chi connectivity index (χ3v) is 6.25. The largest absolute Gasteiger partial charge is 0.504 e. The van der Waals surface area contributed by atoms with Gasteiger partial charge in [-0.25, -0.2) is 0 Å². The highest BCUT2D eigenvalue weighted by molar-refractivity contribution is 6.31. The summed E-state index contributed by atoms with van der Waals surface area (Å²) in [5, 5.41) is 10.9. The van der Waals surface area contributed by atoms with E-state index >= 15 is 0 Å². The van der Waals surface area contributed by atoms with Gasteiger partial charge in [0.05, 0.1) is 23.6 Å². The van der Waals surface area contributed by atoms with E-state index < -0.39 is 6.04 Å². The van der Waals surface area contributed by atoms with Gasteiger partial charge in [0.2, 0.25) is 5.76 Å². The Kier molecular flexibility index (Phi) is 5.75. The van der Waals surface area contributed by atoms with E-state index in [1.807, 2.05) is 37.3 Å². The smallest absolute Gasteiger partial charge is 0.290 e. The molecule has 0 saturated heterocycles. The Balaban J connectivity index is 1.67. The summed E-state index contributed by atoms with van der Waals surface area (Å²) >= 11 is 6.14. The average Bonchev–Trinajstić information content (AvgIpc) is 3.12. The van der Waals surface area contributed by atoms with Gasteiger partial charge in [-0.05, 0) is 54.8 Å². The van der Waals surface area contributed by atoms with Crippen molar-refractivity contribution >= 4 is 28.5 Å². The van der Waals surface area contributed by atoms with Gasteiger partial charge in [0.25, 0.3) is 5.91 Å². The molecule has 0 saturated carbocycles. The molecule has 6 nitrogen and oxygen atoms in total. The van der Waals surface area contributed by atoms with E-state index in [-0.39, 0.29) is 34.2 Å². The van der Waals surface area contributed by atoms with Crippen LogP contribution in [0.25, 0.3) is 11.0 Å². The van der Waals surface area contributed by atoms with E-state index in [0.29, 0.717) is 41.1 Å². The highest BCUT2D eigenvalue weighted by Gasteiger charge is 2.42. The molecular weight excluding hydrogens is 454 g/mol. The molecule has 1 aromatic heterocycles. The molecule has 2 heterocycles. The van der Waals surface area contributed by atoms with Crippen LogP contribution in [0.15, 0.2) is 75.9 Å². The predicted octanol–water partition coefficient (Wildman–Crippen LogP) is 5.34. The summed E-state index contributed by atoms with van der Waals surface area (Å²) in [6.45, 7) is 2.55. The van der Waals surface area contributed by atoms with Crippen molar-refractivity contribution in [2.45, 2.75) is 19.4 Å². The maximum absolute atomic E-state index is 13.6. The van der Waals surface area contributed by atoms with Gasteiger partial charge in [-0.1, -0.05) is 48.0 Å². The van der Waals surface area contributed by atoms with Crippen molar-refractivity contribution in [3.05, 3.63) is 104 Å². The first-order valence-corrected chi connectivity index (χ1v) is 11.4. The second kappa shape index (κ2) is 8.88. The molecule has 1 aliphatic rings. The van der Waals surface area contributed by atoms with Crippen LogP contribution in [0.1, 0.15) is 40.2 Å². The van der Waals surface area contributed by atoms with Crippen LogP contribution in [0.5, 0.6) is 11.5 Å². The first kappa shape index (κ1) is 22.0. The van der Waals surface area contributed by atoms with Crippen molar-refractivity contribution in [1.82, 2.24) is 4.90 Å². The van der Waals surface area contributed by atoms with Crippen molar-refractivity contribution in [3.63, 3.8) is 0 Å². The maximum atomic E-state index is 13.6. The number of halogens is 1. The minimum atomic E-state index is -0.689. The van der Waals surface area contributed by atoms with Crippen molar-refractivity contribution in [2.24, 2.45) is 0 Å². The molecule has 5 rings (SSSR count). The van der Waals surface area contributed by atoms with Gasteiger partial charge in [-0.2, -0.15) is 0 Å². The van der Waals surface area contributed by atoms with E-state index in [4.69, 9.17) is 20.8 Å². The molecule has 7 heteroatoms. The number of phenols is 1. The standard InChI is InChI=1S/C27H22ClNO5/c1-2-33-22-14-17(8-10-20(22)30)24-23-25(31)19-15-18(28)9-11-21(19)34-26(23)27(32)29(24)13-12-16-6-4-3-5-7-16/h3-11,14-15,24,30H,2,12-13H2,1H3/t24-/m1/s1. The number of ether oxygens (including phenoxy) is 1. The molecule has 0 aliphatic carbocycles. The van der Waals surface area contributed by atoms with Gasteiger partial charge in [-0.3, -0.25) is 9.59 Å². The van der Waals surface area contributed by atoms with Crippen LogP contribution in [0, 0.1) is 0 Å². The zero-order chi connectivity index (χ0) is 23.8. The van der Waals surface area contributed by atoms with Crippen LogP contribution in [0.2, 0.25) is 5.02 Å². The molecule has 0 spiro atoms. The lowest BCUT2D eigenvalue weighted by Crippen LogP contribution is -2.31. The van der Waals surface area contributed by atoms with Crippen molar-refractivity contribution in [1.29, 1.82) is 0 Å². The number of amides is 1. The van der Waals surface area contributed by atoms with Crippen LogP contribution in [0.4, 0.5) is 0 Å². The van der Waals surface area contributed by atoms with Gasteiger partial charge >= 0.3 is 0 Å². The lowest BCUT2D eigenvalue weighted by Gasteiger charge is -2.25. The number of phenolic OH excluding ortho intramolecular Hbond substituents is 1. The SMILES string of the molecule is CCOc1cc([C@@H]2c3c(oc4ccc(Cl)cc4c3=O)C(=O)N2CCc2ccccc2)ccc1O. The molecule has 34 heavy (non-hydrogen) atoms. The average molecular weight is 476 g/mol. The van der Waals surface area contributed by atoms with Crippen molar-refractivity contribution in [2.75, 3.05) is 13.2 Å².